The average molecular weight is 199 g/mol. The second kappa shape index (κ2) is 5.75. The lowest BCUT2D eigenvalue weighted by Crippen LogP contribution is -2.16. The van der Waals surface area contributed by atoms with E-state index in [0.717, 1.165) is 12.8 Å². The molecule has 0 radical (unpaired) electrons. The highest BCUT2D eigenvalue weighted by molar-refractivity contribution is 6.37. The summed E-state index contributed by atoms with van der Waals surface area (Å²) in [6, 6.07) is 0. The SMILES string of the molecule is CCCCCC1N=C(C(=O)OC)CO1. The van der Waals surface area contributed by atoms with Crippen molar-refractivity contribution in [3.8, 4) is 0 Å². The fourth-order valence-corrected chi connectivity index (χ4v) is 1.37. The minimum atomic E-state index is -0.372. The molecule has 0 aromatic rings. The summed E-state index contributed by atoms with van der Waals surface area (Å²) in [7, 11) is 1.36. The number of unbranched alkanes of at least 4 members (excludes halogenated alkanes) is 2. The molecule has 4 nitrogen and oxygen atoms in total. The van der Waals surface area contributed by atoms with Gasteiger partial charge in [0.1, 0.15) is 11.9 Å². The first-order valence-electron chi connectivity index (χ1n) is 5.04. The molecule has 1 heterocycles. The van der Waals surface area contributed by atoms with E-state index in [2.05, 4.69) is 16.7 Å². The van der Waals surface area contributed by atoms with Gasteiger partial charge in [-0.1, -0.05) is 19.8 Å². The molecule has 1 atom stereocenters. The first-order chi connectivity index (χ1) is 6.77. The average Bonchev–Trinajstić information content (AvgIpc) is 2.66. The van der Waals surface area contributed by atoms with Gasteiger partial charge in [0, 0.05) is 0 Å². The van der Waals surface area contributed by atoms with Crippen LogP contribution < -0.4 is 0 Å². The fraction of sp³-hybridized carbons (Fsp3) is 0.800. The van der Waals surface area contributed by atoms with Crippen LogP contribution in [0.3, 0.4) is 0 Å². The summed E-state index contributed by atoms with van der Waals surface area (Å²) < 4.78 is 9.89. The van der Waals surface area contributed by atoms with Crippen molar-refractivity contribution in [3.63, 3.8) is 0 Å². The van der Waals surface area contributed by atoms with Gasteiger partial charge in [-0.2, -0.15) is 0 Å². The highest BCUT2D eigenvalue weighted by atomic mass is 16.5. The Morgan fingerprint density at radius 1 is 1.64 bits per heavy atom. The minimum Gasteiger partial charge on any atom is -0.464 e. The van der Waals surface area contributed by atoms with Gasteiger partial charge in [-0.3, -0.25) is 0 Å². The summed E-state index contributed by atoms with van der Waals surface area (Å²) in [5.74, 6) is -0.372. The van der Waals surface area contributed by atoms with E-state index in [1.807, 2.05) is 0 Å². The highest BCUT2D eigenvalue weighted by Crippen LogP contribution is 2.13. The second-order valence-electron chi connectivity index (χ2n) is 3.33. The summed E-state index contributed by atoms with van der Waals surface area (Å²) in [6.45, 7) is 2.45. The molecule has 80 valence electrons. The Bertz CT molecular complexity index is 225. The highest BCUT2D eigenvalue weighted by Gasteiger charge is 2.22. The Labute approximate surface area is 84.3 Å². The van der Waals surface area contributed by atoms with E-state index < -0.39 is 0 Å². The molecule has 0 bridgehead atoms. The molecular weight excluding hydrogens is 182 g/mol. The lowest BCUT2D eigenvalue weighted by Gasteiger charge is -2.04. The van der Waals surface area contributed by atoms with E-state index in [1.165, 1.54) is 20.0 Å². The molecule has 0 spiro atoms. The van der Waals surface area contributed by atoms with Gasteiger partial charge < -0.3 is 9.47 Å². The van der Waals surface area contributed by atoms with Crippen molar-refractivity contribution in [2.24, 2.45) is 4.99 Å². The fourth-order valence-electron chi connectivity index (χ4n) is 1.37. The molecular formula is C10H17NO3. The maximum Gasteiger partial charge on any atom is 0.354 e. The zero-order valence-electron chi connectivity index (χ0n) is 8.78. The zero-order valence-corrected chi connectivity index (χ0v) is 8.78. The van der Waals surface area contributed by atoms with Gasteiger partial charge in [0.2, 0.25) is 0 Å². The monoisotopic (exact) mass is 199 g/mol. The Morgan fingerprint density at radius 2 is 2.43 bits per heavy atom. The van der Waals surface area contributed by atoms with Crippen LogP contribution >= 0.6 is 0 Å². The molecule has 1 aliphatic heterocycles. The van der Waals surface area contributed by atoms with E-state index in [0.29, 0.717) is 12.3 Å². The maximum absolute atomic E-state index is 11.1. The summed E-state index contributed by atoms with van der Waals surface area (Å²) in [5.41, 5.74) is 0.411. The molecule has 0 amide bonds. The van der Waals surface area contributed by atoms with Crippen molar-refractivity contribution in [1.29, 1.82) is 0 Å². The largest absolute Gasteiger partial charge is 0.464 e. The van der Waals surface area contributed by atoms with Crippen LogP contribution in [0.2, 0.25) is 0 Å². The predicted octanol–water partition coefficient (Wildman–Crippen LogP) is 1.54. The van der Waals surface area contributed by atoms with E-state index in [-0.39, 0.29) is 12.2 Å². The molecule has 1 aliphatic rings. The summed E-state index contributed by atoms with van der Waals surface area (Å²) in [5, 5.41) is 0. The number of rotatable bonds is 5. The van der Waals surface area contributed by atoms with E-state index in [1.54, 1.807) is 0 Å². The lowest BCUT2D eigenvalue weighted by atomic mass is 10.2. The van der Waals surface area contributed by atoms with E-state index in [4.69, 9.17) is 4.74 Å². The van der Waals surface area contributed by atoms with Crippen molar-refractivity contribution in [2.75, 3.05) is 13.7 Å². The number of carbonyl (C=O) groups excluding carboxylic acids is 1. The van der Waals surface area contributed by atoms with Crippen LogP contribution in [0.1, 0.15) is 32.6 Å². The number of methoxy groups -OCH3 is 1. The third kappa shape index (κ3) is 3.10. The molecule has 0 saturated carbocycles. The van der Waals surface area contributed by atoms with Crippen molar-refractivity contribution >= 4 is 11.7 Å². The number of carbonyl (C=O) groups is 1. The molecule has 1 unspecified atom stereocenters. The van der Waals surface area contributed by atoms with Gasteiger partial charge in [-0.15, -0.1) is 0 Å². The van der Waals surface area contributed by atoms with Crippen LogP contribution in [0.25, 0.3) is 0 Å². The van der Waals surface area contributed by atoms with Gasteiger partial charge in [0.05, 0.1) is 13.7 Å². The number of hydrogen-bond donors (Lipinski definition) is 0. The first-order valence-corrected chi connectivity index (χ1v) is 5.04. The molecule has 0 N–H and O–H groups in total. The molecule has 0 aromatic carbocycles. The maximum atomic E-state index is 11.1. The predicted molar refractivity (Wildman–Crippen MR) is 53.3 cm³/mol. The van der Waals surface area contributed by atoms with Gasteiger partial charge >= 0.3 is 5.97 Å². The summed E-state index contributed by atoms with van der Waals surface area (Å²) >= 11 is 0. The van der Waals surface area contributed by atoms with E-state index in [9.17, 15) is 4.79 Å². The number of aliphatic imine (C=N–C) groups is 1. The third-order valence-corrected chi connectivity index (χ3v) is 2.19. The van der Waals surface area contributed by atoms with Crippen molar-refractivity contribution in [1.82, 2.24) is 0 Å². The van der Waals surface area contributed by atoms with Crippen LogP contribution in [-0.4, -0.2) is 31.6 Å². The van der Waals surface area contributed by atoms with Crippen LogP contribution in [0, 0.1) is 0 Å². The molecule has 14 heavy (non-hydrogen) atoms. The van der Waals surface area contributed by atoms with Crippen LogP contribution in [-0.2, 0) is 14.3 Å². The number of esters is 1. The quantitative estimate of drug-likeness (QED) is 0.498. The molecule has 4 heteroatoms. The molecule has 1 rings (SSSR count). The molecule has 0 saturated heterocycles. The topological polar surface area (TPSA) is 47.9 Å². The second-order valence-corrected chi connectivity index (χ2v) is 3.33. The Balaban J connectivity index is 2.30. The van der Waals surface area contributed by atoms with Gasteiger partial charge in [-0.25, -0.2) is 9.79 Å². The smallest absolute Gasteiger partial charge is 0.354 e. The molecule has 0 aliphatic carbocycles. The van der Waals surface area contributed by atoms with Gasteiger partial charge in [0.15, 0.2) is 0 Å². The summed E-state index contributed by atoms with van der Waals surface area (Å²) in [6.07, 6.45) is 4.23. The van der Waals surface area contributed by atoms with Gasteiger partial charge in [-0.05, 0) is 12.8 Å². The minimum absolute atomic E-state index is 0.129. The van der Waals surface area contributed by atoms with Crippen molar-refractivity contribution in [2.45, 2.75) is 38.8 Å². The zero-order chi connectivity index (χ0) is 10.4. The normalized spacial score (nSPS) is 20.7. The lowest BCUT2D eigenvalue weighted by molar-refractivity contribution is -0.132. The Morgan fingerprint density at radius 3 is 3.07 bits per heavy atom. The number of hydrogen-bond acceptors (Lipinski definition) is 4. The molecule has 0 aromatic heterocycles. The van der Waals surface area contributed by atoms with Crippen LogP contribution in [0.5, 0.6) is 0 Å². The Kier molecular flexibility index (Phi) is 4.59. The third-order valence-electron chi connectivity index (χ3n) is 2.19. The van der Waals surface area contributed by atoms with Gasteiger partial charge in [0.25, 0.3) is 0 Å². The summed E-state index contributed by atoms with van der Waals surface area (Å²) in [4.78, 5) is 15.2. The first kappa shape index (κ1) is 11.2. The van der Waals surface area contributed by atoms with Crippen molar-refractivity contribution < 1.29 is 14.3 Å². The molecule has 0 fully saturated rings. The standard InChI is InChI=1S/C10H17NO3/c1-3-4-5-6-9-11-8(7-14-9)10(12)13-2/h9H,3-7H2,1-2H3. The van der Waals surface area contributed by atoms with Crippen LogP contribution in [0.4, 0.5) is 0 Å². The number of nitrogens with zero attached hydrogens (tertiary/aromatic N) is 1. The van der Waals surface area contributed by atoms with E-state index >= 15 is 0 Å². The van der Waals surface area contributed by atoms with Crippen molar-refractivity contribution in [3.05, 3.63) is 0 Å². The number of ether oxygens (including phenoxy) is 2. The Hall–Kier alpha value is -0.900. The van der Waals surface area contributed by atoms with Crippen LogP contribution in [0.15, 0.2) is 4.99 Å².